The summed E-state index contributed by atoms with van der Waals surface area (Å²) in [6.45, 7) is 37.9. The van der Waals surface area contributed by atoms with Crippen LogP contribution in [0.15, 0.2) is 0 Å². The predicted molar refractivity (Wildman–Crippen MR) is 283 cm³/mol. The molecular formula is C55H126Cl2. The Balaban J connectivity index is -0.0000000652. The summed E-state index contributed by atoms with van der Waals surface area (Å²) in [5.41, 5.74) is 0. The van der Waals surface area contributed by atoms with Gasteiger partial charge in [0.25, 0.3) is 0 Å². The van der Waals surface area contributed by atoms with E-state index in [0.29, 0.717) is 0 Å². The summed E-state index contributed by atoms with van der Waals surface area (Å²) in [5, 5.41) is 0. The lowest BCUT2D eigenvalue weighted by atomic mass is 10.2. The molecule has 0 aromatic heterocycles. The van der Waals surface area contributed by atoms with Crippen molar-refractivity contribution < 1.29 is 0 Å². The van der Waals surface area contributed by atoms with Crippen LogP contribution in [0.5, 0.6) is 0 Å². The first-order valence-corrected chi connectivity index (χ1v) is 27.7. The number of alkyl halides is 2. The van der Waals surface area contributed by atoms with Crippen LogP contribution in [0.3, 0.4) is 0 Å². The number of unbranched alkanes of at least 4 members (excludes halogenated alkanes) is 27. The van der Waals surface area contributed by atoms with Crippen LogP contribution in [-0.2, 0) is 0 Å². The third-order valence-corrected chi connectivity index (χ3v) is 9.37. The Bertz CT molecular complexity index is 308. The molecule has 0 amide bonds. The standard InChI is InChI=1S/C7H14Cl2.8C6H14/c1-2-3-4-5-6-7(8)9;8*1-3-5-6-4-2/h7H,2-6H2,1H3;8*3-6H2,1-2H3. The van der Waals surface area contributed by atoms with Gasteiger partial charge < -0.3 is 0 Å². The summed E-state index contributed by atoms with van der Waals surface area (Å²) in [6.07, 6.45) is 50.3. The molecule has 0 saturated heterocycles. The van der Waals surface area contributed by atoms with Gasteiger partial charge >= 0.3 is 0 Å². The second-order valence-electron chi connectivity index (χ2n) is 15.9. The van der Waals surface area contributed by atoms with Crippen molar-refractivity contribution in [3.8, 4) is 0 Å². The maximum absolute atomic E-state index is 5.52. The fourth-order valence-electron chi connectivity index (χ4n) is 4.73. The zero-order valence-electron chi connectivity index (χ0n) is 44.5. The van der Waals surface area contributed by atoms with Gasteiger partial charge in [0.2, 0.25) is 0 Å². The van der Waals surface area contributed by atoms with Crippen LogP contribution in [0.2, 0.25) is 0 Å². The highest BCUT2D eigenvalue weighted by atomic mass is 35.5. The van der Waals surface area contributed by atoms with Gasteiger partial charge in [-0.25, -0.2) is 0 Å². The van der Waals surface area contributed by atoms with Gasteiger partial charge in [0.1, 0.15) is 4.84 Å². The van der Waals surface area contributed by atoms with Gasteiger partial charge in [0, 0.05) is 0 Å². The first-order chi connectivity index (χ1) is 27.6. The molecule has 360 valence electrons. The summed E-state index contributed by atoms with van der Waals surface area (Å²) in [4.78, 5) is -0.151. The van der Waals surface area contributed by atoms with Crippen molar-refractivity contribution in [2.24, 2.45) is 0 Å². The zero-order valence-corrected chi connectivity index (χ0v) is 46.0. The van der Waals surface area contributed by atoms with Crippen molar-refractivity contribution in [2.75, 3.05) is 0 Å². The molecule has 0 aromatic rings. The van der Waals surface area contributed by atoms with Gasteiger partial charge in [0.05, 0.1) is 0 Å². The van der Waals surface area contributed by atoms with E-state index in [-0.39, 0.29) is 4.84 Å². The Morgan fingerprint density at radius 2 is 0.281 bits per heavy atom. The molecule has 0 unspecified atom stereocenters. The largest absolute Gasteiger partial charge is 0.107 e. The number of hydrogen-bond donors (Lipinski definition) is 0. The molecule has 0 heterocycles. The SMILES string of the molecule is CCCCCC.CCCCCC.CCCCCC.CCCCCC.CCCCCC.CCCCCC.CCCCCC.CCCCCC.CCCCCCC(Cl)Cl. The van der Waals surface area contributed by atoms with E-state index in [0.717, 1.165) is 6.42 Å². The molecule has 0 N–H and O–H groups in total. The molecule has 57 heavy (non-hydrogen) atoms. The van der Waals surface area contributed by atoms with Crippen molar-refractivity contribution in [3.63, 3.8) is 0 Å². The molecular weight excluding hydrogens is 732 g/mol. The van der Waals surface area contributed by atoms with E-state index in [1.807, 2.05) is 0 Å². The molecule has 0 rings (SSSR count). The average Bonchev–Trinajstić information content (AvgIpc) is 3.23. The van der Waals surface area contributed by atoms with Crippen LogP contribution in [0.4, 0.5) is 0 Å². The van der Waals surface area contributed by atoms with Crippen molar-refractivity contribution in [1.82, 2.24) is 0 Å². The van der Waals surface area contributed by atoms with E-state index in [1.54, 1.807) is 0 Å². The highest BCUT2D eigenvalue weighted by Crippen LogP contribution is 2.12. The average molecular weight is 859 g/mol. The van der Waals surface area contributed by atoms with E-state index in [9.17, 15) is 0 Å². The zero-order chi connectivity index (χ0) is 45.7. The third-order valence-electron chi connectivity index (χ3n) is 8.93. The predicted octanol–water partition coefficient (Wildman–Crippen LogP) is 24.5. The fourth-order valence-corrected chi connectivity index (χ4v) is 5.03. The Labute approximate surface area is 381 Å². The summed E-state index contributed by atoms with van der Waals surface area (Å²) in [6, 6.07) is 0. The first kappa shape index (κ1) is 78.1. The molecule has 0 fully saturated rings. The molecule has 0 radical (unpaired) electrons. The third kappa shape index (κ3) is 180. The van der Waals surface area contributed by atoms with Gasteiger partial charge in [-0.15, -0.1) is 23.2 Å². The van der Waals surface area contributed by atoms with Crippen molar-refractivity contribution in [3.05, 3.63) is 0 Å². The lowest BCUT2D eigenvalue weighted by molar-refractivity contribution is 0.650. The highest BCUT2D eigenvalue weighted by molar-refractivity contribution is 6.44. The van der Waals surface area contributed by atoms with Gasteiger partial charge in [-0.3, -0.25) is 0 Å². The summed E-state index contributed by atoms with van der Waals surface area (Å²) >= 11 is 11.0. The molecule has 0 nitrogen and oxygen atoms in total. The van der Waals surface area contributed by atoms with E-state index in [2.05, 4.69) is 118 Å². The molecule has 0 aromatic carbocycles. The number of hydrogen-bond acceptors (Lipinski definition) is 0. The number of halogens is 2. The van der Waals surface area contributed by atoms with E-state index in [4.69, 9.17) is 23.2 Å². The van der Waals surface area contributed by atoms with E-state index in [1.165, 1.54) is 231 Å². The van der Waals surface area contributed by atoms with Gasteiger partial charge in [0.15, 0.2) is 0 Å². The van der Waals surface area contributed by atoms with Gasteiger partial charge in [-0.05, 0) is 6.42 Å². The first-order valence-electron chi connectivity index (χ1n) is 26.9. The van der Waals surface area contributed by atoms with Crippen LogP contribution in [-0.4, -0.2) is 4.84 Å². The summed E-state index contributed by atoms with van der Waals surface area (Å²) in [5.74, 6) is 0. The molecule has 0 aliphatic carbocycles. The van der Waals surface area contributed by atoms with Crippen LogP contribution < -0.4 is 0 Å². The van der Waals surface area contributed by atoms with Crippen molar-refractivity contribution in [1.29, 1.82) is 0 Å². The topological polar surface area (TPSA) is 0 Å². The lowest BCUT2D eigenvalue weighted by Crippen LogP contribution is -1.85. The molecule has 0 aliphatic heterocycles. The molecule has 0 aliphatic rings. The minimum absolute atomic E-state index is 0.151. The quantitative estimate of drug-likeness (QED) is 0.0519. The fraction of sp³-hybridized carbons (Fsp3) is 1.00. The van der Waals surface area contributed by atoms with Crippen LogP contribution in [0, 0.1) is 0 Å². The van der Waals surface area contributed by atoms with Crippen molar-refractivity contribution in [2.45, 2.75) is 360 Å². The summed E-state index contributed by atoms with van der Waals surface area (Å²) < 4.78 is 0. The van der Waals surface area contributed by atoms with E-state index < -0.39 is 0 Å². The Kier molecular flexibility index (Phi) is 145. The molecule has 0 spiro atoms. The van der Waals surface area contributed by atoms with Gasteiger partial charge in [-0.1, -0.05) is 349 Å². The Morgan fingerprint density at radius 3 is 0.368 bits per heavy atom. The minimum Gasteiger partial charge on any atom is -0.105 e. The molecule has 0 bridgehead atoms. The maximum Gasteiger partial charge on any atom is 0.107 e. The molecule has 2 heteroatoms. The monoisotopic (exact) mass is 857 g/mol. The maximum atomic E-state index is 5.52. The Morgan fingerprint density at radius 1 is 0.175 bits per heavy atom. The minimum atomic E-state index is -0.151. The molecule has 0 atom stereocenters. The van der Waals surface area contributed by atoms with Crippen LogP contribution in [0.25, 0.3) is 0 Å². The van der Waals surface area contributed by atoms with Crippen LogP contribution in [0.1, 0.15) is 355 Å². The normalized spacial score (nSPS) is 9.26. The number of rotatable bonds is 29. The van der Waals surface area contributed by atoms with Crippen molar-refractivity contribution >= 4 is 23.2 Å². The van der Waals surface area contributed by atoms with Gasteiger partial charge in [-0.2, -0.15) is 0 Å². The molecule has 0 saturated carbocycles. The Hall–Kier alpha value is 0.580. The highest BCUT2D eigenvalue weighted by Gasteiger charge is 1.96. The second kappa shape index (κ2) is 106. The van der Waals surface area contributed by atoms with E-state index >= 15 is 0 Å². The second-order valence-corrected chi connectivity index (χ2v) is 17.2. The smallest absolute Gasteiger partial charge is 0.105 e. The van der Waals surface area contributed by atoms with Crippen LogP contribution >= 0.6 is 23.2 Å². The summed E-state index contributed by atoms with van der Waals surface area (Å²) in [7, 11) is 0. The lowest BCUT2D eigenvalue weighted by Gasteiger charge is -1.98.